The van der Waals surface area contributed by atoms with Crippen molar-refractivity contribution in [2.45, 2.75) is 6.54 Å². The van der Waals surface area contributed by atoms with Gasteiger partial charge in [0, 0.05) is 39.4 Å². The topological polar surface area (TPSA) is 82.2 Å². The molecule has 0 atom stereocenters. The molecule has 8 nitrogen and oxygen atoms in total. The first-order valence-electron chi connectivity index (χ1n) is 9.91. The van der Waals surface area contributed by atoms with E-state index in [1.165, 1.54) is 26.2 Å². The fraction of sp³-hybridized carbons (Fsp3) is 0.381. The molecule has 2 aromatic carbocycles. The minimum Gasteiger partial charge on any atom is -0.378 e. The molecule has 2 aromatic rings. The maximum absolute atomic E-state index is 13.3. The van der Waals surface area contributed by atoms with Crippen LogP contribution in [0.2, 0.25) is 0 Å². The molecule has 1 heterocycles. The molecule has 1 N–H and O–H groups in total. The Morgan fingerprint density at radius 1 is 1.06 bits per heavy atom. The molecule has 31 heavy (non-hydrogen) atoms. The molecule has 0 spiro atoms. The average Bonchev–Trinajstić information content (AvgIpc) is 2.77. The Hall–Kier alpha value is -2.69. The van der Waals surface area contributed by atoms with E-state index in [4.69, 9.17) is 4.74 Å². The summed E-state index contributed by atoms with van der Waals surface area (Å²) in [6, 6.07) is 12.8. The summed E-state index contributed by atoms with van der Waals surface area (Å²) >= 11 is 0. The fourth-order valence-corrected chi connectivity index (χ4v) is 4.21. The van der Waals surface area contributed by atoms with Crippen LogP contribution in [0.5, 0.6) is 0 Å². The number of hydrogen-bond acceptors (Lipinski definition) is 5. The van der Waals surface area contributed by atoms with Gasteiger partial charge in [0.25, 0.3) is 0 Å². The highest BCUT2D eigenvalue weighted by molar-refractivity contribution is 7.90. The monoisotopic (exact) mass is 450 g/mol. The molecule has 1 fully saturated rings. The van der Waals surface area contributed by atoms with Gasteiger partial charge in [0.1, 0.15) is 12.4 Å². The van der Waals surface area contributed by atoms with Gasteiger partial charge < -0.3 is 15.0 Å². The van der Waals surface area contributed by atoms with Crippen molar-refractivity contribution >= 4 is 27.5 Å². The van der Waals surface area contributed by atoms with E-state index in [1.54, 1.807) is 0 Å². The van der Waals surface area contributed by atoms with Gasteiger partial charge in [-0.1, -0.05) is 12.1 Å². The number of anilines is 2. The maximum Gasteiger partial charge on any atom is 0.304 e. The smallest absolute Gasteiger partial charge is 0.304 e. The van der Waals surface area contributed by atoms with Crippen molar-refractivity contribution in [2.24, 2.45) is 0 Å². The van der Waals surface area contributed by atoms with Crippen LogP contribution in [0.1, 0.15) is 5.56 Å². The summed E-state index contributed by atoms with van der Waals surface area (Å²) in [6.07, 6.45) is 0. The Bertz CT molecular complexity index is 975. The highest BCUT2D eigenvalue weighted by Crippen LogP contribution is 2.20. The van der Waals surface area contributed by atoms with Crippen LogP contribution in [-0.4, -0.2) is 65.6 Å². The molecule has 0 aromatic heterocycles. The third-order valence-electron chi connectivity index (χ3n) is 4.94. The first kappa shape index (κ1) is 23.0. The standard InChI is InChI=1S/C21H27FN4O4S/c1-24(2)31(28,29)26(20-9-5-18(22)6-10-20)16-21(27)23-15-17-3-7-19(8-4-17)25-11-13-30-14-12-25/h3-10H,11-16H2,1-2H3,(H,23,27). The second-order valence-corrected chi connectivity index (χ2v) is 9.38. The first-order chi connectivity index (χ1) is 14.8. The summed E-state index contributed by atoms with van der Waals surface area (Å²) in [5.41, 5.74) is 2.20. The molecule has 0 unspecified atom stereocenters. The van der Waals surface area contributed by atoms with Gasteiger partial charge in [0.2, 0.25) is 5.91 Å². The van der Waals surface area contributed by atoms with Crippen LogP contribution in [0.3, 0.4) is 0 Å². The van der Waals surface area contributed by atoms with Crippen LogP contribution in [0.25, 0.3) is 0 Å². The second kappa shape index (κ2) is 10.1. The minimum absolute atomic E-state index is 0.208. The van der Waals surface area contributed by atoms with E-state index in [0.29, 0.717) is 13.2 Å². The Balaban J connectivity index is 1.63. The Labute approximate surface area is 182 Å². The predicted molar refractivity (Wildman–Crippen MR) is 118 cm³/mol. The molecule has 1 aliphatic heterocycles. The van der Waals surface area contributed by atoms with E-state index < -0.39 is 28.5 Å². The number of halogens is 1. The van der Waals surface area contributed by atoms with Gasteiger partial charge >= 0.3 is 10.2 Å². The SMILES string of the molecule is CN(C)S(=O)(=O)N(CC(=O)NCc1ccc(N2CCOCC2)cc1)c1ccc(F)cc1. The summed E-state index contributed by atoms with van der Waals surface area (Å²) in [5, 5.41) is 2.75. The van der Waals surface area contributed by atoms with Gasteiger partial charge in [-0.05, 0) is 42.0 Å². The average molecular weight is 451 g/mol. The Morgan fingerprint density at radius 2 is 1.68 bits per heavy atom. The van der Waals surface area contributed by atoms with Crippen molar-refractivity contribution in [3.63, 3.8) is 0 Å². The molecule has 10 heteroatoms. The third-order valence-corrected chi connectivity index (χ3v) is 6.76. The fourth-order valence-electron chi connectivity index (χ4n) is 3.14. The molecule has 0 aliphatic carbocycles. The number of rotatable bonds is 8. The van der Waals surface area contributed by atoms with Crippen molar-refractivity contribution in [3.8, 4) is 0 Å². The Kier molecular flexibility index (Phi) is 7.47. The molecule has 3 rings (SSSR count). The van der Waals surface area contributed by atoms with Crippen molar-refractivity contribution in [1.82, 2.24) is 9.62 Å². The molecular formula is C21H27FN4O4S. The predicted octanol–water partition coefficient (Wildman–Crippen LogP) is 1.59. The Morgan fingerprint density at radius 3 is 2.26 bits per heavy atom. The van der Waals surface area contributed by atoms with E-state index in [1.807, 2.05) is 24.3 Å². The lowest BCUT2D eigenvalue weighted by Gasteiger charge is -2.29. The van der Waals surface area contributed by atoms with Crippen molar-refractivity contribution < 1.29 is 22.3 Å². The molecular weight excluding hydrogens is 423 g/mol. The molecule has 1 amide bonds. The maximum atomic E-state index is 13.3. The van der Waals surface area contributed by atoms with Crippen LogP contribution in [0.15, 0.2) is 48.5 Å². The zero-order valence-electron chi connectivity index (χ0n) is 17.6. The number of nitrogens with zero attached hydrogens (tertiary/aromatic N) is 3. The lowest BCUT2D eigenvalue weighted by atomic mass is 10.2. The number of benzene rings is 2. The summed E-state index contributed by atoms with van der Waals surface area (Å²) in [6.45, 7) is 2.95. The van der Waals surface area contributed by atoms with Crippen LogP contribution in [-0.2, 0) is 26.3 Å². The first-order valence-corrected chi connectivity index (χ1v) is 11.3. The van der Waals surface area contributed by atoms with Gasteiger partial charge in [0.05, 0.1) is 18.9 Å². The highest BCUT2D eigenvalue weighted by Gasteiger charge is 2.27. The number of amides is 1. The number of morpholine rings is 1. The third kappa shape index (κ3) is 5.93. The largest absolute Gasteiger partial charge is 0.378 e. The lowest BCUT2D eigenvalue weighted by molar-refractivity contribution is -0.119. The van der Waals surface area contributed by atoms with Crippen LogP contribution in [0.4, 0.5) is 15.8 Å². The van der Waals surface area contributed by atoms with Gasteiger partial charge in [-0.25, -0.2) is 8.70 Å². The number of carbonyl (C=O) groups is 1. The molecule has 168 valence electrons. The number of hydrogen-bond donors (Lipinski definition) is 1. The van der Waals surface area contributed by atoms with E-state index in [-0.39, 0.29) is 12.2 Å². The zero-order valence-corrected chi connectivity index (χ0v) is 18.4. The number of carbonyl (C=O) groups excluding carboxylic acids is 1. The van der Waals surface area contributed by atoms with E-state index >= 15 is 0 Å². The van der Waals surface area contributed by atoms with E-state index in [0.717, 1.165) is 45.1 Å². The molecule has 0 saturated carbocycles. The minimum atomic E-state index is -3.93. The van der Waals surface area contributed by atoms with Gasteiger partial charge in [-0.3, -0.25) is 4.79 Å². The van der Waals surface area contributed by atoms with Crippen molar-refractivity contribution in [3.05, 3.63) is 59.9 Å². The molecule has 0 bridgehead atoms. The number of ether oxygens (including phenoxy) is 1. The quantitative estimate of drug-likeness (QED) is 0.661. The van der Waals surface area contributed by atoms with Crippen molar-refractivity contribution in [1.29, 1.82) is 0 Å². The summed E-state index contributed by atoms with van der Waals surface area (Å²) < 4.78 is 45.9. The summed E-state index contributed by atoms with van der Waals surface area (Å²) in [4.78, 5) is 14.8. The molecule has 1 aliphatic rings. The van der Waals surface area contributed by atoms with Gasteiger partial charge in [-0.2, -0.15) is 12.7 Å². The molecule has 0 radical (unpaired) electrons. The summed E-state index contributed by atoms with van der Waals surface area (Å²) in [5.74, 6) is -0.956. The highest BCUT2D eigenvalue weighted by atomic mass is 32.2. The second-order valence-electron chi connectivity index (χ2n) is 7.32. The lowest BCUT2D eigenvalue weighted by Crippen LogP contribution is -2.45. The van der Waals surface area contributed by atoms with Gasteiger partial charge in [0.15, 0.2) is 0 Å². The van der Waals surface area contributed by atoms with Crippen LogP contribution < -0.4 is 14.5 Å². The van der Waals surface area contributed by atoms with Gasteiger partial charge in [-0.15, -0.1) is 0 Å². The van der Waals surface area contributed by atoms with E-state index in [9.17, 15) is 17.6 Å². The molecule has 1 saturated heterocycles. The van der Waals surface area contributed by atoms with Crippen LogP contribution in [0, 0.1) is 5.82 Å². The van der Waals surface area contributed by atoms with Crippen molar-refractivity contribution in [2.75, 3.05) is 56.1 Å². The summed E-state index contributed by atoms with van der Waals surface area (Å²) in [7, 11) is -1.18. The van der Waals surface area contributed by atoms with Crippen LogP contribution >= 0.6 is 0 Å². The zero-order chi connectivity index (χ0) is 22.4. The van der Waals surface area contributed by atoms with E-state index in [2.05, 4.69) is 10.2 Å². The number of nitrogens with one attached hydrogen (secondary N) is 1. The normalized spacial score (nSPS) is 14.5.